The average molecular weight is 547 g/mol. The number of hydrogen-bond donors (Lipinski definition) is 1. The van der Waals surface area contributed by atoms with Crippen molar-refractivity contribution >= 4 is 33.2 Å². The van der Waals surface area contributed by atoms with E-state index in [-0.39, 0.29) is 33.1 Å². The number of aryl methyl sites for hydroxylation is 1. The van der Waals surface area contributed by atoms with Crippen molar-refractivity contribution in [2.24, 2.45) is 0 Å². The Hall–Kier alpha value is -3.43. The second-order valence-corrected chi connectivity index (χ2v) is 10.6. The molecule has 0 aliphatic rings. The molecule has 1 atom stereocenters. The van der Waals surface area contributed by atoms with Crippen LogP contribution in [0.25, 0.3) is 0 Å². The highest BCUT2D eigenvalue weighted by Crippen LogP contribution is 2.37. The van der Waals surface area contributed by atoms with E-state index >= 15 is 0 Å². The van der Waals surface area contributed by atoms with E-state index in [1.165, 1.54) is 45.6 Å². The molecule has 1 unspecified atom stereocenters. The molecule has 0 aromatic heterocycles. The predicted octanol–water partition coefficient (Wildman–Crippen LogP) is 5.14. The molecule has 0 aliphatic heterocycles. The Bertz CT molecular complexity index is 1350. The van der Waals surface area contributed by atoms with Crippen LogP contribution in [-0.4, -0.2) is 42.2 Å². The van der Waals surface area contributed by atoms with Gasteiger partial charge < -0.3 is 19.5 Å². The summed E-state index contributed by atoms with van der Waals surface area (Å²) in [6.07, 6.45) is 0.623. The van der Waals surface area contributed by atoms with Gasteiger partial charge in [0.15, 0.2) is 11.5 Å². The largest absolute Gasteiger partial charge is 0.495 e. The van der Waals surface area contributed by atoms with E-state index in [9.17, 15) is 13.2 Å². The molecule has 0 aliphatic carbocycles. The van der Waals surface area contributed by atoms with Crippen LogP contribution in [0.3, 0.4) is 0 Å². The van der Waals surface area contributed by atoms with E-state index in [2.05, 4.69) is 5.32 Å². The molecule has 37 heavy (non-hydrogen) atoms. The van der Waals surface area contributed by atoms with Crippen LogP contribution in [0.1, 0.15) is 30.5 Å². The van der Waals surface area contributed by atoms with Crippen LogP contribution in [0.5, 0.6) is 17.2 Å². The summed E-state index contributed by atoms with van der Waals surface area (Å²) in [7, 11) is 0.0128. The molecule has 3 rings (SSSR count). The van der Waals surface area contributed by atoms with Gasteiger partial charge in [-0.1, -0.05) is 48.4 Å². The summed E-state index contributed by atoms with van der Waals surface area (Å²) in [5.74, 6) is 0.358. The Kier molecular flexibility index (Phi) is 9.29. The van der Waals surface area contributed by atoms with E-state index in [4.69, 9.17) is 25.8 Å². The lowest BCUT2D eigenvalue weighted by molar-refractivity contribution is -0.120. The number of carbonyl (C=O) groups is 1. The molecule has 1 N–H and O–H groups in total. The summed E-state index contributed by atoms with van der Waals surface area (Å²) < 4.78 is 44.8. The minimum atomic E-state index is -4.27. The summed E-state index contributed by atoms with van der Waals surface area (Å²) in [4.78, 5) is 13.2. The standard InChI is InChI=1S/C27H31ClN2O6S/c1-6-22(19-9-7-18(2)8-10-19)29-27(31)17-30(23-15-20(28)11-13-24(23)34-3)37(32,33)21-12-14-25(35-4)26(16-21)36-5/h7-16,22H,6,17H2,1-5H3,(H,29,31). The van der Waals surface area contributed by atoms with Crippen LogP contribution >= 0.6 is 11.6 Å². The fourth-order valence-corrected chi connectivity index (χ4v) is 5.46. The minimum absolute atomic E-state index is 0.0921. The third-order valence-corrected chi connectivity index (χ3v) is 7.85. The first-order chi connectivity index (χ1) is 17.6. The van der Waals surface area contributed by atoms with Gasteiger partial charge >= 0.3 is 0 Å². The average Bonchev–Trinajstić information content (AvgIpc) is 2.90. The molecule has 0 bridgehead atoms. The van der Waals surface area contributed by atoms with E-state index in [0.29, 0.717) is 12.2 Å². The Balaban J connectivity index is 2.04. The van der Waals surface area contributed by atoms with Gasteiger partial charge in [0, 0.05) is 11.1 Å². The first-order valence-corrected chi connectivity index (χ1v) is 13.4. The molecule has 0 radical (unpaired) electrons. The van der Waals surface area contributed by atoms with Crippen molar-refractivity contribution in [1.82, 2.24) is 5.32 Å². The Morgan fingerprint density at radius 3 is 2.14 bits per heavy atom. The SMILES string of the molecule is CCC(NC(=O)CN(c1cc(Cl)ccc1OC)S(=O)(=O)c1ccc(OC)c(OC)c1)c1ccc(C)cc1. The second kappa shape index (κ2) is 12.2. The van der Waals surface area contributed by atoms with Crippen molar-refractivity contribution < 1.29 is 27.4 Å². The highest BCUT2D eigenvalue weighted by molar-refractivity contribution is 7.92. The van der Waals surface area contributed by atoms with Gasteiger partial charge in [0.2, 0.25) is 5.91 Å². The molecule has 198 valence electrons. The Morgan fingerprint density at radius 2 is 1.54 bits per heavy atom. The topological polar surface area (TPSA) is 94.2 Å². The van der Waals surface area contributed by atoms with Gasteiger partial charge in [-0.3, -0.25) is 9.10 Å². The number of rotatable bonds is 11. The minimum Gasteiger partial charge on any atom is -0.495 e. The summed E-state index contributed by atoms with van der Waals surface area (Å²) in [6, 6.07) is 16.3. The monoisotopic (exact) mass is 546 g/mol. The van der Waals surface area contributed by atoms with Crippen LogP contribution < -0.4 is 23.8 Å². The zero-order chi connectivity index (χ0) is 27.2. The molecule has 0 heterocycles. The first kappa shape index (κ1) is 28.1. The van der Waals surface area contributed by atoms with E-state index in [0.717, 1.165) is 15.4 Å². The predicted molar refractivity (Wildman–Crippen MR) is 144 cm³/mol. The lowest BCUT2D eigenvalue weighted by Gasteiger charge is -2.27. The van der Waals surface area contributed by atoms with E-state index in [1.807, 2.05) is 38.1 Å². The molecule has 3 aromatic rings. The lowest BCUT2D eigenvalue weighted by Crippen LogP contribution is -2.42. The highest BCUT2D eigenvalue weighted by Gasteiger charge is 2.31. The van der Waals surface area contributed by atoms with E-state index in [1.54, 1.807) is 12.1 Å². The van der Waals surface area contributed by atoms with Crippen molar-refractivity contribution in [2.75, 3.05) is 32.2 Å². The zero-order valence-electron chi connectivity index (χ0n) is 21.4. The maximum Gasteiger partial charge on any atom is 0.265 e. The van der Waals surface area contributed by atoms with Gasteiger partial charge in [0.05, 0.1) is 38.0 Å². The molecular weight excluding hydrogens is 516 g/mol. The molecule has 0 fully saturated rings. The van der Waals surface area contributed by atoms with Gasteiger partial charge in [-0.2, -0.15) is 0 Å². The number of nitrogens with one attached hydrogen (secondary N) is 1. The summed E-state index contributed by atoms with van der Waals surface area (Å²) in [6.45, 7) is 3.43. The normalized spacial score (nSPS) is 11.9. The molecule has 1 amide bonds. The number of hydrogen-bond acceptors (Lipinski definition) is 6. The number of ether oxygens (including phenoxy) is 3. The number of anilines is 1. The van der Waals surface area contributed by atoms with Crippen molar-refractivity contribution in [3.63, 3.8) is 0 Å². The van der Waals surface area contributed by atoms with Crippen LogP contribution in [-0.2, 0) is 14.8 Å². The molecule has 3 aromatic carbocycles. The number of sulfonamides is 1. The molecule has 10 heteroatoms. The maximum atomic E-state index is 13.9. The molecule has 0 spiro atoms. The van der Waals surface area contributed by atoms with Gasteiger partial charge in [-0.25, -0.2) is 8.42 Å². The lowest BCUT2D eigenvalue weighted by atomic mass is 10.0. The number of carbonyl (C=O) groups excluding carboxylic acids is 1. The smallest absolute Gasteiger partial charge is 0.265 e. The van der Waals surface area contributed by atoms with Gasteiger partial charge in [0.1, 0.15) is 12.3 Å². The van der Waals surface area contributed by atoms with Crippen LogP contribution in [0.4, 0.5) is 5.69 Å². The molecule has 0 saturated carbocycles. The number of methoxy groups -OCH3 is 3. The van der Waals surface area contributed by atoms with Crippen molar-refractivity contribution in [1.29, 1.82) is 0 Å². The van der Waals surface area contributed by atoms with Gasteiger partial charge in [-0.05, 0) is 49.2 Å². The van der Waals surface area contributed by atoms with E-state index < -0.39 is 22.5 Å². The second-order valence-electron chi connectivity index (χ2n) is 8.28. The maximum absolute atomic E-state index is 13.9. The summed E-state index contributed by atoms with van der Waals surface area (Å²) in [5, 5.41) is 3.24. The van der Waals surface area contributed by atoms with Crippen LogP contribution in [0.15, 0.2) is 65.6 Å². The number of halogens is 1. The molecule has 0 saturated heterocycles. The highest BCUT2D eigenvalue weighted by atomic mass is 35.5. The number of benzene rings is 3. The Labute approximate surface area is 223 Å². The zero-order valence-corrected chi connectivity index (χ0v) is 23.0. The quantitative estimate of drug-likeness (QED) is 0.358. The molecule has 8 nitrogen and oxygen atoms in total. The Morgan fingerprint density at radius 1 is 0.919 bits per heavy atom. The van der Waals surface area contributed by atoms with Crippen molar-refractivity contribution in [3.8, 4) is 17.2 Å². The fraction of sp³-hybridized carbons (Fsp3) is 0.296. The molecular formula is C27H31ClN2O6S. The third kappa shape index (κ3) is 6.47. The first-order valence-electron chi connectivity index (χ1n) is 11.6. The van der Waals surface area contributed by atoms with Crippen molar-refractivity contribution in [2.45, 2.75) is 31.2 Å². The number of amides is 1. The van der Waals surface area contributed by atoms with Gasteiger partial charge in [0.25, 0.3) is 10.0 Å². The fourth-order valence-electron chi connectivity index (χ4n) is 3.85. The summed E-state index contributed by atoms with van der Waals surface area (Å²) in [5.41, 5.74) is 2.16. The van der Waals surface area contributed by atoms with Crippen LogP contribution in [0, 0.1) is 6.92 Å². The van der Waals surface area contributed by atoms with Gasteiger partial charge in [-0.15, -0.1) is 0 Å². The van der Waals surface area contributed by atoms with Crippen molar-refractivity contribution in [3.05, 3.63) is 76.8 Å². The summed E-state index contributed by atoms with van der Waals surface area (Å²) >= 11 is 6.22. The number of nitrogens with zero attached hydrogens (tertiary/aromatic N) is 1. The van der Waals surface area contributed by atoms with Crippen LogP contribution in [0.2, 0.25) is 5.02 Å². The third-order valence-electron chi connectivity index (χ3n) is 5.86.